The molecule has 4 aromatic rings. The number of pyridine rings is 4. The number of nitrogens with one attached hydrogen (secondary N) is 1. The van der Waals surface area contributed by atoms with Gasteiger partial charge < -0.3 is 10.4 Å². The van der Waals surface area contributed by atoms with Crippen LogP contribution in [0.2, 0.25) is 0 Å². The van der Waals surface area contributed by atoms with E-state index in [1.165, 1.54) is 6.20 Å². The summed E-state index contributed by atoms with van der Waals surface area (Å²) in [6.07, 6.45) is 6.67. The third-order valence-electron chi connectivity index (χ3n) is 4.93. The fourth-order valence-electron chi connectivity index (χ4n) is 3.44. The van der Waals surface area contributed by atoms with E-state index in [9.17, 15) is 4.79 Å². The van der Waals surface area contributed by atoms with Crippen molar-refractivity contribution in [3.8, 4) is 0 Å². The van der Waals surface area contributed by atoms with Gasteiger partial charge in [-0.25, -0.2) is 4.79 Å². The molecule has 4 rings (SSSR count). The third-order valence-corrected chi connectivity index (χ3v) is 4.93. The second-order valence-corrected chi connectivity index (χ2v) is 6.94. The van der Waals surface area contributed by atoms with Crippen LogP contribution in [0.15, 0.2) is 91.5 Å². The van der Waals surface area contributed by atoms with Crippen LogP contribution in [0, 0.1) is 0 Å². The Labute approximate surface area is 179 Å². The molecule has 154 valence electrons. The molecule has 2 N–H and O–H groups in total. The lowest BCUT2D eigenvalue weighted by molar-refractivity contribution is 0.0696. The van der Waals surface area contributed by atoms with Crippen LogP contribution in [0.4, 0.5) is 0 Å². The molecule has 0 aliphatic rings. The number of hydrogen-bond acceptors (Lipinski definition) is 6. The van der Waals surface area contributed by atoms with Crippen molar-refractivity contribution in [1.82, 2.24) is 25.3 Å². The largest absolute Gasteiger partial charge is 0.478 e. The summed E-state index contributed by atoms with van der Waals surface area (Å²) >= 11 is 0. The molecule has 4 aromatic heterocycles. The van der Waals surface area contributed by atoms with Crippen molar-refractivity contribution in [2.24, 2.45) is 0 Å². The Morgan fingerprint density at radius 3 is 1.81 bits per heavy atom. The van der Waals surface area contributed by atoms with E-state index in [1.807, 2.05) is 54.6 Å². The number of carboxylic acids is 1. The molecule has 7 nitrogen and oxygen atoms in total. The summed E-state index contributed by atoms with van der Waals surface area (Å²) in [5.74, 6) is -1.18. The van der Waals surface area contributed by atoms with E-state index in [-0.39, 0.29) is 17.5 Å². The Bertz CT molecular complexity index is 1070. The second kappa shape index (κ2) is 9.69. The van der Waals surface area contributed by atoms with Crippen molar-refractivity contribution in [1.29, 1.82) is 0 Å². The normalized spacial score (nSPS) is 11.9. The van der Waals surface area contributed by atoms with E-state index >= 15 is 0 Å². The minimum Gasteiger partial charge on any atom is -0.478 e. The standard InChI is InChI=1S/C24H21N5O2/c30-24(31)17-10-11-18(28-15-17)16-29-23(21-9-3-6-14-27-21)22(19-7-1-4-12-25-19)20-8-2-5-13-26-20/h1-15,22-23,29H,16H2,(H,30,31). The summed E-state index contributed by atoms with van der Waals surface area (Å²) in [6, 6.07) is 20.5. The quantitative estimate of drug-likeness (QED) is 0.457. The molecule has 7 heteroatoms. The van der Waals surface area contributed by atoms with Crippen LogP contribution < -0.4 is 5.32 Å². The van der Waals surface area contributed by atoms with E-state index in [0.29, 0.717) is 6.54 Å². The Morgan fingerprint density at radius 2 is 1.35 bits per heavy atom. The van der Waals surface area contributed by atoms with E-state index in [0.717, 1.165) is 22.8 Å². The predicted octanol–water partition coefficient (Wildman–Crippen LogP) is 3.63. The molecular formula is C24H21N5O2. The second-order valence-electron chi connectivity index (χ2n) is 6.94. The highest BCUT2D eigenvalue weighted by molar-refractivity contribution is 5.87. The summed E-state index contributed by atoms with van der Waals surface area (Å²) < 4.78 is 0. The fourth-order valence-corrected chi connectivity index (χ4v) is 3.44. The highest BCUT2D eigenvalue weighted by Gasteiger charge is 2.29. The molecule has 0 radical (unpaired) electrons. The number of aromatic nitrogens is 4. The molecule has 1 unspecified atom stereocenters. The predicted molar refractivity (Wildman–Crippen MR) is 115 cm³/mol. The molecular weight excluding hydrogens is 390 g/mol. The van der Waals surface area contributed by atoms with Gasteiger partial charge in [-0.1, -0.05) is 18.2 Å². The molecule has 4 heterocycles. The number of aromatic carboxylic acids is 1. The molecule has 0 saturated heterocycles. The first-order chi connectivity index (χ1) is 15.2. The topological polar surface area (TPSA) is 101 Å². The summed E-state index contributed by atoms with van der Waals surface area (Å²) in [5, 5.41) is 12.6. The lowest BCUT2D eigenvalue weighted by Gasteiger charge is -2.27. The minimum atomic E-state index is -0.997. The molecule has 0 aliphatic heterocycles. The third kappa shape index (κ3) is 4.96. The van der Waals surface area contributed by atoms with Crippen molar-refractivity contribution < 1.29 is 9.90 Å². The van der Waals surface area contributed by atoms with Gasteiger partial charge in [-0.15, -0.1) is 0 Å². The highest BCUT2D eigenvalue weighted by Crippen LogP contribution is 2.34. The van der Waals surface area contributed by atoms with Crippen molar-refractivity contribution in [2.45, 2.75) is 18.5 Å². The number of rotatable bonds is 8. The maximum atomic E-state index is 11.1. The molecule has 0 saturated carbocycles. The summed E-state index contributed by atoms with van der Waals surface area (Å²) in [4.78, 5) is 29.1. The van der Waals surface area contributed by atoms with Crippen LogP contribution >= 0.6 is 0 Å². The lowest BCUT2D eigenvalue weighted by atomic mass is 9.89. The number of nitrogens with zero attached hydrogens (tertiary/aromatic N) is 4. The zero-order valence-corrected chi connectivity index (χ0v) is 16.7. The van der Waals surface area contributed by atoms with E-state index in [2.05, 4.69) is 25.3 Å². The van der Waals surface area contributed by atoms with Crippen molar-refractivity contribution in [2.75, 3.05) is 0 Å². The van der Waals surface area contributed by atoms with Gasteiger partial charge in [-0.3, -0.25) is 19.9 Å². The van der Waals surface area contributed by atoms with Crippen LogP contribution in [-0.4, -0.2) is 31.0 Å². The zero-order valence-electron chi connectivity index (χ0n) is 16.7. The maximum Gasteiger partial charge on any atom is 0.337 e. The van der Waals surface area contributed by atoms with Gasteiger partial charge in [0.05, 0.1) is 40.3 Å². The average molecular weight is 411 g/mol. The lowest BCUT2D eigenvalue weighted by Crippen LogP contribution is -2.29. The van der Waals surface area contributed by atoms with Gasteiger partial charge in [-0.2, -0.15) is 0 Å². The first-order valence-electron chi connectivity index (χ1n) is 9.87. The smallest absolute Gasteiger partial charge is 0.337 e. The fraction of sp³-hybridized carbons (Fsp3) is 0.125. The molecule has 0 bridgehead atoms. The Kier molecular flexibility index (Phi) is 6.35. The van der Waals surface area contributed by atoms with Gasteiger partial charge in [0.15, 0.2) is 0 Å². The Balaban J connectivity index is 1.69. The Hall–Kier alpha value is -3.97. The maximum absolute atomic E-state index is 11.1. The monoisotopic (exact) mass is 411 g/mol. The van der Waals surface area contributed by atoms with Gasteiger partial charge in [0, 0.05) is 31.3 Å². The van der Waals surface area contributed by atoms with E-state index in [4.69, 9.17) is 5.11 Å². The molecule has 0 spiro atoms. The van der Waals surface area contributed by atoms with Gasteiger partial charge in [0.25, 0.3) is 0 Å². The van der Waals surface area contributed by atoms with Crippen LogP contribution in [0.3, 0.4) is 0 Å². The van der Waals surface area contributed by atoms with Crippen molar-refractivity contribution in [3.05, 3.63) is 120 Å². The molecule has 0 amide bonds. The van der Waals surface area contributed by atoms with Crippen LogP contribution in [-0.2, 0) is 6.54 Å². The first-order valence-corrected chi connectivity index (χ1v) is 9.87. The highest BCUT2D eigenvalue weighted by atomic mass is 16.4. The number of hydrogen-bond donors (Lipinski definition) is 2. The molecule has 0 aromatic carbocycles. The van der Waals surface area contributed by atoms with E-state index in [1.54, 1.807) is 30.7 Å². The SMILES string of the molecule is O=C(O)c1ccc(CNC(c2ccccn2)C(c2ccccn2)c2ccccn2)nc1. The first kappa shape index (κ1) is 20.3. The van der Waals surface area contributed by atoms with Crippen LogP contribution in [0.1, 0.15) is 45.1 Å². The molecule has 31 heavy (non-hydrogen) atoms. The number of carboxylic acid groups (broad SMARTS) is 1. The zero-order chi connectivity index (χ0) is 21.5. The molecule has 1 atom stereocenters. The van der Waals surface area contributed by atoms with Gasteiger partial charge >= 0.3 is 5.97 Å². The molecule has 0 fully saturated rings. The number of carbonyl (C=O) groups is 1. The van der Waals surface area contributed by atoms with Gasteiger partial charge in [-0.05, 0) is 48.5 Å². The Morgan fingerprint density at radius 1 is 0.774 bits per heavy atom. The van der Waals surface area contributed by atoms with Crippen molar-refractivity contribution >= 4 is 5.97 Å². The van der Waals surface area contributed by atoms with Crippen LogP contribution in [0.5, 0.6) is 0 Å². The average Bonchev–Trinajstić information content (AvgIpc) is 2.83. The molecule has 0 aliphatic carbocycles. The van der Waals surface area contributed by atoms with E-state index < -0.39 is 5.97 Å². The summed E-state index contributed by atoms with van der Waals surface area (Å²) in [7, 11) is 0. The van der Waals surface area contributed by atoms with Crippen molar-refractivity contribution in [3.63, 3.8) is 0 Å². The van der Waals surface area contributed by atoms with Gasteiger partial charge in [0.1, 0.15) is 0 Å². The van der Waals surface area contributed by atoms with Gasteiger partial charge in [0.2, 0.25) is 0 Å². The minimum absolute atomic E-state index is 0.157. The summed E-state index contributed by atoms with van der Waals surface area (Å²) in [6.45, 7) is 0.428. The van der Waals surface area contributed by atoms with Crippen LogP contribution in [0.25, 0.3) is 0 Å². The summed E-state index contributed by atoms with van der Waals surface area (Å²) in [5.41, 5.74) is 3.49.